The Bertz CT molecular complexity index is 540. The van der Waals surface area contributed by atoms with Crippen LogP contribution >= 0.6 is 0 Å². The molecule has 0 saturated heterocycles. The van der Waals surface area contributed by atoms with Gasteiger partial charge < -0.3 is 5.32 Å². The minimum Gasteiger partial charge on any atom is -0.304 e. The highest BCUT2D eigenvalue weighted by molar-refractivity contribution is 5.21. The van der Waals surface area contributed by atoms with Crippen molar-refractivity contribution in [1.29, 1.82) is 0 Å². The summed E-state index contributed by atoms with van der Waals surface area (Å²) in [4.78, 5) is 4.18. The zero-order chi connectivity index (χ0) is 14.4. The summed E-state index contributed by atoms with van der Waals surface area (Å²) in [6, 6.07) is 2.70. The van der Waals surface area contributed by atoms with Crippen LogP contribution in [0, 0.1) is 5.82 Å². The monoisotopic (exact) mass is 277 g/mol. The number of nitrogens with one attached hydrogen (secondary N) is 1. The molecule has 0 spiro atoms. The second-order valence-corrected chi connectivity index (χ2v) is 4.64. The second-order valence-electron chi connectivity index (χ2n) is 4.64. The number of nitrogens with zero attached hydrogens (tertiary/aromatic N) is 4. The van der Waals surface area contributed by atoms with Gasteiger partial charge in [0, 0.05) is 12.7 Å². The van der Waals surface area contributed by atoms with Gasteiger partial charge in [-0.05, 0) is 31.5 Å². The molecule has 108 valence electrons. The van der Waals surface area contributed by atoms with Gasteiger partial charge in [-0.15, -0.1) is 5.10 Å². The lowest BCUT2D eigenvalue weighted by atomic mass is 10.1. The first-order chi connectivity index (χ1) is 9.77. The quantitative estimate of drug-likeness (QED) is 0.844. The third kappa shape index (κ3) is 3.19. The Morgan fingerprint density at radius 2 is 2.20 bits per heavy atom. The molecule has 6 heteroatoms. The molecule has 2 aromatic rings. The van der Waals surface area contributed by atoms with E-state index in [0.717, 1.165) is 31.6 Å². The molecule has 0 aliphatic rings. The average molecular weight is 277 g/mol. The van der Waals surface area contributed by atoms with Crippen LogP contribution in [0.2, 0.25) is 0 Å². The number of hydrogen-bond donors (Lipinski definition) is 1. The van der Waals surface area contributed by atoms with E-state index in [-0.39, 0.29) is 11.9 Å². The molecule has 0 radical (unpaired) electrons. The van der Waals surface area contributed by atoms with E-state index in [4.69, 9.17) is 0 Å². The number of aryl methyl sites for hydroxylation is 1. The van der Waals surface area contributed by atoms with Crippen molar-refractivity contribution in [3.63, 3.8) is 0 Å². The van der Waals surface area contributed by atoms with E-state index in [9.17, 15) is 4.39 Å². The number of aromatic nitrogens is 4. The standard InChI is InChI=1S/C14H20FN5/c1-3-7-16-14(13-11(15)6-5-8-17-13)12-10-18-19-20(12)9-4-2/h5-6,8,10,14,16H,3-4,7,9H2,1-2H3. The van der Waals surface area contributed by atoms with Gasteiger partial charge in [-0.2, -0.15) is 0 Å². The molecule has 5 nitrogen and oxygen atoms in total. The van der Waals surface area contributed by atoms with Crippen LogP contribution in [0.5, 0.6) is 0 Å². The summed E-state index contributed by atoms with van der Waals surface area (Å²) in [5.41, 5.74) is 1.23. The van der Waals surface area contributed by atoms with Gasteiger partial charge in [0.1, 0.15) is 5.82 Å². The molecular weight excluding hydrogens is 257 g/mol. The van der Waals surface area contributed by atoms with Crippen molar-refractivity contribution in [2.45, 2.75) is 39.3 Å². The summed E-state index contributed by atoms with van der Waals surface area (Å²) < 4.78 is 15.8. The molecule has 1 atom stereocenters. The minimum atomic E-state index is -0.322. The summed E-state index contributed by atoms with van der Waals surface area (Å²) >= 11 is 0. The fraction of sp³-hybridized carbons (Fsp3) is 0.500. The van der Waals surface area contributed by atoms with Gasteiger partial charge in [0.15, 0.2) is 0 Å². The number of hydrogen-bond acceptors (Lipinski definition) is 4. The van der Waals surface area contributed by atoms with Crippen LogP contribution < -0.4 is 5.32 Å². The lowest BCUT2D eigenvalue weighted by Crippen LogP contribution is -2.27. The Labute approximate surface area is 118 Å². The van der Waals surface area contributed by atoms with E-state index in [1.54, 1.807) is 23.1 Å². The van der Waals surface area contributed by atoms with Crippen molar-refractivity contribution in [3.05, 3.63) is 41.7 Å². The summed E-state index contributed by atoms with van der Waals surface area (Å²) in [5.74, 6) is -0.314. The maximum absolute atomic E-state index is 14.0. The molecule has 2 rings (SSSR count). The van der Waals surface area contributed by atoms with E-state index in [2.05, 4.69) is 34.5 Å². The smallest absolute Gasteiger partial charge is 0.146 e. The van der Waals surface area contributed by atoms with Gasteiger partial charge in [-0.1, -0.05) is 19.1 Å². The molecular formula is C14H20FN5. The van der Waals surface area contributed by atoms with Crippen LogP contribution in [0.25, 0.3) is 0 Å². The van der Waals surface area contributed by atoms with Crippen molar-refractivity contribution in [3.8, 4) is 0 Å². The van der Waals surface area contributed by atoms with Crippen molar-refractivity contribution in [2.24, 2.45) is 0 Å². The van der Waals surface area contributed by atoms with Crippen molar-refractivity contribution in [2.75, 3.05) is 6.54 Å². The molecule has 2 aromatic heterocycles. The summed E-state index contributed by atoms with van der Waals surface area (Å²) in [6.07, 6.45) is 5.19. The van der Waals surface area contributed by atoms with Crippen molar-refractivity contribution < 1.29 is 4.39 Å². The zero-order valence-corrected chi connectivity index (χ0v) is 11.9. The Morgan fingerprint density at radius 3 is 2.90 bits per heavy atom. The van der Waals surface area contributed by atoms with E-state index >= 15 is 0 Å². The molecule has 1 N–H and O–H groups in total. The molecule has 0 aromatic carbocycles. The van der Waals surface area contributed by atoms with Crippen LogP contribution in [0.3, 0.4) is 0 Å². The van der Waals surface area contributed by atoms with E-state index in [0.29, 0.717) is 5.69 Å². The summed E-state index contributed by atoms with van der Waals surface area (Å²) in [5, 5.41) is 11.3. The molecule has 2 heterocycles. The van der Waals surface area contributed by atoms with Gasteiger partial charge in [0.05, 0.1) is 23.6 Å². The highest BCUT2D eigenvalue weighted by Gasteiger charge is 2.22. The Kier molecular flexibility index (Phi) is 5.17. The van der Waals surface area contributed by atoms with Crippen LogP contribution in [0.1, 0.15) is 44.1 Å². The van der Waals surface area contributed by atoms with E-state index in [1.165, 1.54) is 6.07 Å². The normalized spacial score (nSPS) is 12.6. The molecule has 0 aliphatic carbocycles. The largest absolute Gasteiger partial charge is 0.304 e. The van der Waals surface area contributed by atoms with Crippen LogP contribution in [0.4, 0.5) is 4.39 Å². The number of rotatable bonds is 7. The first-order valence-corrected chi connectivity index (χ1v) is 7.00. The first-order valence-electron chi connectivity index (χ1n) is 7.00. The fourth-order valence-electron chi connectivity index (χ4n) is 2.12. The Balaban J connectivity index is 2.37. The Morgan fingerprint density at radius 1 is 1.35 bits per heavy atom. The van der Waals surface area contributed by atoms with Gasteiger partial charge in [-0.3, -0.25) is 4.98 Å². The predicted octanol–water partition coefficient (Wildman–Crippen LogP) is 2.31. The maximum Gasteiger partial charge on any atom is 0.146 e. The number of pyridine rings is 1. The SMILES string of the molecule is CCCNC(c1ncccc1F)c1cnnn1CCC. The van der Waals surface area contributed by atoms with Gasteiger partial charge in [0.25, 0.3) is 0 Å². The number of halogens is 1. The van der Waals surface area contributed by atoms with Crippen LogP contribution in [-0.4, -0.2) is 26.5 Å². The van der Waals surface area contributed by atoms with Crippen molar-refractivity contribution >= 4 is 0 Å². The van der Waals surface area contributed by atoms with Gasteiger partial charge in [0.2, 0.25) is 0 Å². The second kappa shape index (κ2) is 7.09. The Hall–Kier alpha value is -1.82. The highest BCUT2D eigenvalue weighted by atomic mass is 19.1. The van der Waals surface area contributed by atoms with E-state index in [1.807, 2.05) is 0 Å². The maximum atomic E-state index is 14.0. The first kappa shape index (κ1) is 14.6. The van der Waals surface area contributed by atoms with Gasteiger partial charge >= 0.3 is 0 Å². The van der Waals surface area contributed by atoms with Crippen LogP contribution in [0.15, 0.2) is 24.5 Å². The molecule has 0 saturated carbocycles. The topological polar surface area (TPSA) is 55.6 Å². The zero-order valence-electron chi connectivity index (χ0n) is 11.9. The minimum absolute atomic E-state index is 0.314. The lowest BCUT2D eigenvalue weighted by molar-refractivity contribution is 0.480. The molecule has 20 heavy (non-hydrogen) atoms. The molecule has 1 unspecified atom stereocenters. The predicted molar refractivity (Wildman–Crippen MR) is 74.6 cm³/mol. The highest BCUT2D eigenvalue weighted by Crippen LogP contribution is 2.22. The third-order valence-corrected chi connectivity index (χ3v) is 3.04. The van der Waals surface area contributed by atoms with E-state index < -0.39 is 0 Å². The lowest BCUT2D eigenvalue weighted by Gasteiger charge is -2.19. The van der Waals surface area contributed by atoms with Gasteiger partial charge in [-0.25, -0.2) is 9.07 Å². The third-order valence-electron chi connectivity index (χ3n) is 3.04. The summed E-state index contributed by atoms with van der Waals surface area (Å²) in [6.45, 7) is 5.67. The molecule has 0 amide bonds. The molecule has 0 aliphatic heterocycles. The fourth-order valence-corrected chi connectivity index (χ4v) is 2.12. The van der Waals surface area contributed by atoms with Crippen molar-refractivity contribution in [1.82, 2.24) is 25.3 Å². The summed E-state index contributed by atoms with van der Waals surface area (Å²) in [7, 11) is 0. The van der Waals surface area contributed by atoms with Crippen LogP contribution in [-0.2, 0) is 6.54 Å². The average Bonchev–Trinajstić information content (AvgIpc) is 2.90. The molecule has 0 fully saturated rings. The molecule has 0 bridgehead atoms.